The third-order valence-electron chi connectivity index (χ3n) is 9.34. The van der Waals surface area contributed by atoms with Gasteiger partial charge in [0.15, 0.2) is 0 Å². The SMILES string of the molecule is CC(C)CCCCCOC(=O)CCCCCCCCCCCCCCC(C(C)C)C(C(=O)OCCCCCC(C)C)C(C)C. The van der Waals surface area contributed by atoms with Gasteiger partial charge < -0.3 is 9.47 Å². The summed E-state index contributed by atoms with van der Waals surface area (Å²) in [4.78, 5) is 24.9. The van der Waals surface area contributed by atoms with Gasteiger partial charge in [-0.25, -0.2) is 0 Å². The first kappa shape index (κ1) is 42.9. The van der Waals surface area contributed by atoms with Gasteiger partial charge in [-0.15, -0.1) is 0 Å². The molecule has 0 N–H and O–H groups in total. The van der Waals surface area contributed by atoms with Crippen LogP contribution in [0, 0.1) is 35.5 Å². The summed E-state index contributed by atoms with van der Waals surface area (Å²) in [5.74, 6) is 2.83. The smallest absolute Gasteiger partial charge is 0.309 e. The molecule has 0 aliphatic heterocycles. The number of esters is 2. The van der Waals surface area contributed by atoms with Crippen LogP contribution in [0.1, 0.15) is 197 Å². The van der Waals surface area contributed by atoms with E-state index in [-0.39, 0.29) is 17.9 Å². The molecule has 0 aromatic carbocycles. The van der Waals surface area contributed by atoms with Crippen molar-refractivity contribution in [3.8, 4) is 0 Å². The Morgan fingerprint density at radius 1 is 0.432 bits per heavy atom. The van der Waals surface area contributed by atoms with Crippen molar-refractivity contribution in [2.45, 2.75) is 197 Å². The van der Waals surface area contributed by atoms with Crippen molar-refractivity contribution >= 4 is 11.9 Å². The minimum Gasteiger partial charge on any atom is -0.466 e. The highest BCUT2D eigenvalue weighted by molar-refractivity contribution is 5.73. The number of unbranched alkanes of at least 4 members (excludes halogenated alkanes) is 15. The van der Waals surface area contributed by atoms with Gasteiger partial charge in [0.25, 0.3) is 0 Å². The Hall–Kier alpha value is -1.06. The summed E-state index contributed by atoms with van der Waals surface area (Å²) in [5, 5.41) is 0. The molecule has 0 aliphatic rings. The van der Waals surface area contributed by atoms with E-state index in [0.29, 0.717) is 37.4 Å². The summed E-state index contributed by atoms with van der Waals surface area (Å²) < 4.78 is 11.2. The van der Waals surface area contributed by atoms with Crippen LogP contribution in [0.15, 0.2) is 0 Å². The molecular formula is C40H78O4. The number of carbonyl (C=O) groups excluding carboxylic acids is 2. The molecule has 4 heteroatoms. The Kier molecular flexibility index (Phi) is 28.6. The van der Waals surface area contributed by atoms with Gasteiger partial charge in [0.05, 0.1) is 19.1 Å². The molecule has 0 bridgehead atoms. The lowest BCUT2D eigenvalue weighted by Gasteiger charge is -2.31. The van der Waals surface area contributed by atoms with Crippen LogP contribution in [0.3, 0.4) is 0 Å². The lowest BCUT2D eigenvalue weighted by molar-refractivity contribution is -0.153. The van der Waals surface area contributed by atoms with E-state index < -0.39 is 0 Å². The molecule has 0 fully saturated rings. The highest BCUT2D eigenvalue weighted by Crippen LogP contribution is 2.33. The topological polar surface area (TPSA) is 52.6 Å². The molecule has 0 saturated heterocycles. The zero-order chi connectivity index (χ0) is 33.0. The van der Waals surface area contributed by atoms with E-state index in [2.05, 4.69) is 55.4 Å². The molecule has 2 unspecified atom stereocenters. The van der Waals surface area contributed by atoms with Crippen LogP contribution in [-0.2, 0) is 19.1 Å². The second-order valence-electron chi connectivity index (χ2n) is 15.3. The second-order valence-corrected chi connectivity index (χ2v) is 15.3. The average Bonchev–Trinajstić information content (AvgIpc) is 2.95. The molecule has 0 spiro atoms. The number of carbonyl (C=O) groups is 2. The maximum absolute atomic E-state index is 13.1. The first-order valence-electron chi connectivity index (χ1n) is 19.4. The fraction of sp³-hybridized carbons (Fsp3) is 0.950. The first-order chi connectivity index (χ1) is 21.1. The zero-order valence-electron chi connectivity index (χ0n) is 31.1. The van der Waals surface area contributed by atoms with Gasteiger partial charge >= 0.3 is 11.9 Å². The van der Waals surface area contributed by atoms with Gasteiger partial charge in [0.2, 0.25) is 0 Å². The van der Waals surface area contributed by atoms with Crippen LogP contribution in [-0.4, -0.2) is 25.2 Å². The summed E-state index contributed by atoms with van der Waals surface area (Å²) in [6.07, 6.45) is 26.2. The number of ether oxygens (including phenoxy) is 2. The molecule has 0 rings (SSSR count). The van der Waals surface area contributed by atoms with Gasteiger partial charge in [-0.05, 0) is 55.3 Å². The third-order valence-corrected chi connectivity index (χ3v) is 9.34. The van der Waals surface area contributed by atoms with Crippen LogP contribution < -0.4 is 0 Å². The Morgan fingerprint density at radius 2 is 0.818 bits per heavy atom. The lowest BCUT2D eigenvalue weighted by Crippen LogP contribution is -2.33. The Bertz CT molecular complexity index is 654. The average molecular weight is 623 g/mol. The van der Waals surface area contributed by atoms with Gasteiger partial charge in [-0.2, -0.15) is 0 Å². The molecule has 4 nitrogen and oxygen atoms in total. The van der Waals surface area contributed by atoms with Crippen LogP contribution in [0.4, 0.5) is 0 Å². The molecule has 0 radical (unpaired) electrons. The van der Waals surface area contributed by atoms with Crippen LogP contribution in [0.2, 0.25) is 0 Å². The summed E-state index contributed by atoms with van der Waals surface area (Å²) in [5.41, 5.74) is 0. The van der Waals surface area contributed by atoms with Crippen LogP contribution in [0.5, 0.6) is 0 Å². The monoisotopic (exact) mass is 623 g/mol. The van der Waals surface area contributed by atoms with Crippen LogP contribution in [0.25, 0.3) is 0 Å². The molecule has 0 aliphatic carbocycles. The van der Waals surface area contributed by atoms with Crippen LogP contribution >= 0.6 is 0 Å². The van der Waals surface area contributed by atoms with Gasteiger partial charge in [0.1, 0.15) is 0 Å². The number of hydrogen-bond acceptors (Lipinski definition) is 4. The van der Waals surface area contributed by atoms with E-state index in [4.69, 9.17) is 9.47 Å². The summed E-state index contributed by atoms with van der Waals surface area (Å²) >= 11 is 0. The molecule has 0 heterocycles. The van der Waals surface area contributed by atoms with Crippen molar-refractivity contribution in [3.63, 3.8) is 0 Å². The third kappa shape index (κ3) is 26.2. The number of hydrogen-bond donors (Lipinski definition) is 0. The van der Waals surface area contributed by atoms with Gasteiger partial charge in [-0.1, -0.05) is 165 Å². The van der Waals surface area contributed by atoms with E-state index in [1.165, 1.54) is 96.3 Å². The molecule has 0 amide bonds. The zero-order valence-corrected chi connectivity index (χ0v) is 31.1. The Morgan fingerprint density at radius 3 is 1.25 bits per heavy atom. The Labute approximate surface area is 276 Å². The van der Waals surface area contributed by atoms with Crippen molar-refractivity contribution in [1.29, 1.82) is 0 Å². The molecule has 0 saturated carbocycles. The summed E-state index contributed by atoms with van der Waals surface area (Å²) in [6.45, 7) is 19.2. The molecule has 2 atom stereocenters. The maximum Gasteiger partial charge on any atom is 0.309 e. The second kappa shape index (κ2) is 29.3. The maximum atomic E-state index is 13.1. The fourth-order valence-corrected chi connectivity index (χ4v) is 6.48. The van der Waals surface area contributed by atoms with Crippen molar-refractivity contribution in [3.05, 3.63) is 0 Å². The predicted octanol–water partition coefficient (Wildman–Crippen LogP) is 12.5. The molecule has 44 heavy (non-hydrogen) atoms. The van der Waals surface area contributed by atoms with Gasteiger partial charge in [0, 0.05) is 6.42 Å². The molecule has 0 aromatic heterocycles. The van der Waals surface area contributed by atoms with Gasteiger partial charge in [-0.3, -0.25) is 9.59 Å². The summed E-state index contributed by atoms with van der Waals surface area (Å²) in [6, 6.07) is 0. The molecule has 0 aromatic rings. The van der Waals surface area contributed by atoms with E-state index in [1.54, 1.807) is 0 Å². The van der Waals surface area contributed by atoms with E-state index in [9.17, 15) is 9.59 Å². The van der Waals surface area contributed by atoms with E-state index in [1.807, 2.05) is 0 Å². The largest absolute Gasteiger partial charge is 0.466 e. The highest BCUT2D eigenvalue weighted by Gasteiger charge is 2.33. The van der Waals surface area contributed by atoms with E-state index in [0.717, 1.165) is 50.4 Å². The standard InChI is InChI=1S/C40H78O4/c1-33(2)27-21-19-25-31-43-38(41)30-24-18-16-14-12-10-9-11-13-15-17-23-29-37(35(5)6)39(36(7)8)40(42)44-32-26-20-22-28-34(3)4/h33-37,39H,9-32H2,1-8H3. The molecular weight excluding hydrogens is 544 g/mol. The van der Waals surface area contributed by atoms with E-state index >= 15 is 0 Å². The predicted molar refractivity (Wildman–Crippen MR) is 190 cm³/mol. The van der Waals surface area contributed by atoms with Crippen molar-refractivity contribution in [1.82, 2.24) is 0 Å². The first-order valence-corrected chi connectivity index (χ1v) is 19.4. The molecule has 262 valence electrons. The summed E-state index contributed by atoms with van der Waals surface area (Å²) in [7, 11) is 0. The quantitative estimate of drug-likeness (QED) is 0.0570. The van der Waals surface area contributed by atoms with Crippen molar-refractivity contribution < 1.29 is 19.1 Å². The van der Waals surface area contributed by atoms with Crippen molar-refractivity contribution in [2.24, 2.45) is 35.5 Å². The minimum atomic E-state index is -0.00548. The highest BCUT2D eigenvalue weighted by atomic mass is 16.5. The Balaban J connectivity index is 3.83. The lowest BCUT2D eigenvalue weighted by atomic mass is 9.74. The minimum absolute atomic E-state index is 0.00548. The van der Waals surface area contributed by atoms with Crippen molar-refractivity contribution in [2.75, 3.05) is 13.2 Å². The normalized spacial score (nSPS) is 13.3. The fourth-order valence-electron chi connectivity index (χ4n) is 6.48. The number of rotatable bonds is 31.